The number of nitrogens with zero attached hydrogens (tertiary/aromatic N) is 4. The summed E-state index contributed by atoms with van der Waals surface area (Å²) in [6.07, 6.45) is 0. The van der Waals surface area contributed by atoms with Gasteiger partial charge < -0.3 is 20.7 Å². The summed E-state index contributed by atoms with van der Waals surface area (Å²) in [7, 11) is 3.76. The molecule has 0 fully saturated rings. The Balaban J connectivity index is 1.95. The first-order chi connectivity index (χ1) is 14.2. The zero-order valence-electron chi connectivity index (χ0n) is 17.6. The Hall–Kier alpha value is -2.68. The van der Waals surface area contributed by atoms with E-state index in [4.69, 9.17) is 22.1 Å². The molecule has 3 N–H and O–H groups in total. The van der Waals surface area contributed by atoms with E-state index in [1.807, 2.05) is 53.7 Å². The molecule has 0 aliphatic rings. The summed E-state index contributed by atoms with van der Waals surface area (Å²) in [6.45, 7) is 3.89. The molecule has 2 heterocycles. The van der Waals surface area contributed by atoms with Gasteiger partial charge in [-0.2, -0.15) is 0 Å². The van der Waals surface area contributed by atoms with Crippen molar-refractivity contribution in [1.29, 1.82) is 0 Å². The van der Waals surface area contributed by atoms with Crippen LogP contribution in [0, 0.1) is 0 Å². The first kappa shape index (κ1) is 22.0. The lowest BCUT2D eigenvalue weighted by atomic mass is 10.1. The van der Waals surface area contributed by atoms with Crippen LogP contribution >= 0.6 is 11.6 Å². The highest BCUT2D eigenvalue weighted by Crippen LogP contribution is 2.28. The van der Waals surface area contributed by atoms with E-state index < -0.39 is 11.6 Å². The van der Waals surface area contributed by atoms with Crippen molar-refractivity contribution in [2.24, 2.45) is 5.73 Å². The zero-order valence-corrected chi connectivity index (χ0v) is 18.3. The summed E-state index contributed by atoms with van der Waals surface area (Å²) >= 11 is 6.44. The maximum atomic E-state index is 12.6. The highest BCUT2D eigenvalue weighted by Gasteiger charge is 2.29. The molecule has 30 heavy (non-hydrogen) atoms. The third kappa shape index (κ3) is 4.89. The molecule has 9 heteroatoms. The molecule has 0 aliphatic heterocycles. The smallest absolute Gasteiger partial charge is 0.240 e. The van der Waals surface area contributed by atoms with Gasteiger partial charge in [-0.25, -0.2) is 0 Å². The number of rotatable bonds is 8. The number of ether oxygens (including phenoxy) is 1. The highest BCUT2D eigenvalue weighted by molar-refractivity contribution is 6.33. The predicted octanol–water partition coefficient (Wildman–Crippen LogP) is 2.56. The van der Waals surface area contributed by atoms with Crippen LogP contribution in [0.4, 0.5) is 5.82 Å². The molecule has 3 rings (SSSR count). The molecule has 1 atom stereocenters. The predicted molar refractivity (Wildman–Crippen MR) is 118 cm³/mol. The molecule has 0 spiro atoms. The Kier molecular flexibility index (Phi) is 6.60. The van der Waals surface area contributed by atoms with Crippen LogP contribution in [0.3, 0.4) is 0 Å². The normalized spacial score (nSPS) is 12.7. The van der Waals surface area contributed by atoms with Crippen molar-refractivity contribution >= 4 is 29.0 Å². The minimum atomic E-state index is -1.06. The third-order valence-corrected chi connectivity index (χ3v) is 4.83. The highest BCUT2D eigenvalue weighted by atomic mass is 35.5. The largest absolute Gasteiger partial charge is 0.374 e. The fourth-order valence-electron chi connectivity index (χ4n) is 3.00. The SMILES string of the molecule is CN(C)c1c(Cl)ccc2nnc([C@@H](COCc3ccccc3)NC(=O)C(C)(C)N)n12. The van der Waals surface area contributed by atoms with E-state index in [-0.39, 0.29) is 12.5 Å². The Labute approximate surface area is 181 Å². The van der Waals surface area contributed by atoms with Gasteiger partial charge in [-0.1, -0.05) is 41.9 Å². The number of pyridine rings is 1. The quantitative estimate of drug-likeness (QED) is 0.570. The summed E-state index contributed by atoms with van der Waals surface area (Å²) < 4.78 is 7.74. The van der Waals surface area contributed by atoms with Crippen LogP contribution in [0.1, 0.15) is 31.3 Å². The molecule has 0 unspecified atom stereocenters. The third-order valence-electron chi connectivity index (χ3n) is 4.54. The monoisotopic (exact) mass is 430 g/mol. The van der Waals surface area contributed by atoms with Gasteiger partial charge in [0.05, 0.1) is 23.8 Å². The van der Waals surface area contributed by atoms with Crippen LogP contribution in [0.15, 0.2) is 42.5 Å². The number of fused-ring (bicyclic) bond motifs is 1. The van der Waals surface area contributed by atoms with Crippen LogP contribution in [0.2, 0.25) is 5.02 Å². The van der Waals surface area contributed by atoms with E-state index in [1.165, 1.54) is 0 Å². The molecule has 0 radical (unpaired) electrons. The minimum absolute atomic E-state index is 0.191. The maximum absolute atomic E-state index is 12.6. The second kappa shape index (κ2) is 8.99. The Morgan fingerprint density at radius 3 is 2.57 bits per heavy atom. The van der Waals surface area contributed by atoms with E-state index in [1.54, 1.807) is 26.0 Å². The molecule has 0 aliphatic carbocycles. The summed E-state index contributed by atoms with van der Waals surface area (Å²) in [5, 5.41) is 12.1. The molecule has 0 saturated carbocycles. The molecule has 8 nitrogen and oxygen atoms in total. The van der Waals surface area contributed by atoms with Crippen LogP contribution in [-0.4, -0.2) is 46.7 Å². The van der Waals surface area contributed by atoms with Gasteiger partial charge in [-0.3, -0.25) is 9.20 Å². The number of hydrogen-bond donors (Lipinski definition) is 2. The van der Waals surface area contributed by atoms with Crippen molar-refractivity contribution in [3.05, 3.63) is 58.9 Å². The molecule has 0 saturated heterocycles. The van der Waals surface area contributed by atoms with Crippen molar-refractivity contribution < 1.29 is 9.53 Å². The van der Waals surface area contributed by atoms with Crippen LogP contribution in [0.5, 0.6) is 0 Å². The lowest BCUT2D eigenvalue weighted by molar-refractivity contribution is -0.126. The first-order valence-corrected chi connectivity index (χ1v) is 9.98. The summed E-state index contributed by atoms with van der Waals surface area (Å²) in [5.74, 6) is 0.909. The Morgan fingerprint density at radius 2 is 1.93 bits per heavy atom. The first-order valence-electron chi connectivity index (χ1n) is 9.61. The second-order valence-electron chi connectivity index (χ2n) is 7.90. The summed E-state index contributed by atoms with van der Waals surface area (Å²) in [5.41, 5.74) is 6.59. The zero-order chi connectivity index (χ0) is 21.9. The fourth-order valence-corrected chi connectivity index (χ4v) is 3.31. The van der Waals surface area contributed by atoms with Gasteiger partial charge in [0, 0.05) is 14.1 Å². The number of hydrogen-bond acceptors (Lipinski definition) is 6. The minimum Gasteiger partial charge on any atom is -0.374 e. The van der Waals surface area contributed by atoms with E-state index in [0.717, 1.165) is 5.56 Å². The van der Waals surface area contributed by atoms with Crippen molar-refractivity contribution in [2.75, 3.05) is 25.6 Å². The van der Waals surface area contributed by atoms with Gasteiger partial charge in [0.25, 0.3) is 0 Å². The van der Waals surface area contributed by atoms with E-state index in [9.17, 15) is 4.79 Å². The number of nitrogens with one attached hydrogen (secondary N) is 1. The molecule has 2 aromatic heterocycles. The topological polar surface area (TPSA) is 97.8 Å². The standard InChI is InChI=1S/C21H27ClN6O2/c1-21(2,23)20(29)24-16(13-30-12-14-8-6-5-7-9-14)18-26-25-17-11-10-15(22)19(27(3)4)28(17)18/h5-11,16H,12-13,23H2,1-4H3,(H,24,29)/t16-/m1/s1. The lowest BCUT2D eigenvalue weighted by Crippen LogP contribution is -2.51. The van der Waals surface area contributed by atoms with E-state index >= 15 is 0 Å². The van der Waals surface area contributed by atoms with Crippen molar-refractivity contribution in [1.82, 2.24) is 19.9 Å². The van der Waals surface area contributed by atoms with Gasteiger partial charge in [-0.15, -0.1) is 10.2 Å². The average molecular weight is 431 g/mol. The Bertz CT molecular complexity index is 1010. The summed E-state index contributed by atoms with van der Waals surface area (Å²) in [4.78, 5) is 14.5. The number of anilines is 1. The molecular formula is C21H27ClN6O2. The van der Waals surface area contributed by atoms with Crippen LogP contribution < -0.4 is 16.0 Å². The number of nitrogens with two attached hydrogens (primary N) is 1. The molecule has 0 bridgehead atoms. The molecule has 160 valence electrons. The Morgan fingerprint density at radius 1 is 1.23 bits per heavy atom. The van der Waals surface area contributed by atoms with E-state index in [2.05, 4.69) is 15.5 Å². The fraction of sp³-hybridized carbons (Fsp3) is 0.381. The van der Waals surface area contributed by atoms with Crippen LogP contribution in [-0.2, 0) is 16.1 Å². The summed E-state index contributed by atoms with van der Waals surface area (Å²) in [6, 6.07) is 12.8. The lowest BCUT2D eigenvalue weighted by Gasteiger charge is -2.25. The van der Waals surface area contributed by atoms with Crippen molar-refractivity contribution in [3.63, 3.8) is 0 Å². The van der Waals surface area contributed by atoms with Gasteiger partial charge in [-0.05, 0) is 31.5 Å². The van der Waals surface area contributed by atoms with Crippen molar-refractivity contribution in [3.8, 4) is 0 Å². The van der Waals surface area contributed by atoms with E-state index in [0.29, 0.717) is 28.9 Å². The number of halogens is 1. The number of benzene rings is 1. The number of carbonyl (C=O) groups is 1. The number of amides is 1. The molecular weight excluding hydrogens is 404 g/mol. The second-order valence-corrected chi connectivity index (χ2v) is 8.31. The van der Waals surface area contributed by atoms with Gasteiger partial charge in [0.1, 0.15) is 11.9 Å². The maximum Gasteiger partial charge on any atom is 0.240 e. The van der Waals surface area contributed by atoms with Gasteiger partial charge in [0.2, 0.25) is 5.91 Å². The molecule has 1 amide bonds. The molecule has 1 aromatic carbocycles. The number of aromatic nitrogens is 3. The average Bonchev–Trinajstić information content (AvgIpc) is 3.10. The van der Waals surface area contributed by atoms with Crippen LogP contribution in [0.25, 0.3) is 5.65 Å². The number of carbonyl (C=O) groups excluding carboxylic acids is 1. The molecule has 3 aromatic rings. The van der Waals surface area contributed by atoms with Gasteiger partial charge >= 0.3 is 0 Å². The van der Waals surface area contributed by atoms with Crippen molar-refractivity contribution in [2.45, 2.75) is 32.0 Å². The van der Waals surface area contributed by atoms with Gasteiger partial charge in [0.15, 0.2) is 11.5 Å².